The van der Waals surface area contributed by atoms with Crippen LogP contribution in [-0.2, 0) is 14.8 Å². The van der Waals surface area contributed by atoms with Crippen LogP contribution in [0.3, 0.4) is 0 Å². The lowest BCUT2D eigenvalue weighted by Crippen LogP contribution is -2.49. The number of benzene rings is 3. The highest BCUT2D eigenvalue weighted by Crippen LogP contribution is 2.29. The molecule has 190 valence electrons. The molecule has 6 nitrogen and oxygen atoms in total. The molecule has 0 spiro atoms. The smallest absolute Gasteiger partial charge is 0.262 e. The monoisotopic (exact) mass is 514 g/mol. The SMILES string of the molecule is C=CC(=O)N(C(=O)c1c(C)ccc(NS(=O)(=O)c2ccc(C)cc2)c1C#Cc1ccccc1)C(C)(C)C. The molecule has 0 fully saturated rings. The maximum absolute atomic E-state index is 13.9. The van der Waals surface area contributed by atoms with Crippen molar-refractivity contribution in [1.82, 2.24) is 4.90 Å². The van der Waals surface area contributed by atoms with Crippen molar-refractivity contribution >= 4 is 27.5 Å². The molecule has 0 unspecified atom stereocenters. The van der Waals surface area contributed by atoms with Gasteiger partial charge in [0.05, 0.1) is 21.7 Å². The molecule has 0 saturated carbocycles. The number of amides is 2. The van der Waals surface area contributed by atoms with Crippen molar-refractivity contribution in [1.29, 1.82) is 0 Å². The molecule has 0 atom stereocenters. The Kier molecular flexibility index (Phi) is 8.05. The van der Waals surface area contributed by atoms with E-state index in [0.29, 0.717) is 11.1 Å². The molecule has 3 aromatic carbocycles. The molecule has 0 bridgehead atoms. The van der Waals surface area contributed by atoms with Gasteiger partial charge in [-0.15, -0.1) is 0 Å². The number of carbonyl (C=O) groups excluding carboxylic acids is 2. The Labute approximate surface area is 219 Å². The third-order valence-corrected chi connectivity index (χ3v) is 6.96. The lowest BCUT2D eigenvalue weighted by molar-refractivity contribution is -0.127. The predicted octanol–water partition coefficient (Wildman–Crippen LogP) is 5.46. The van der Waals surface area contributed by atoms with Crippen LogP contribution in [0.2, 0.25) is 0 Å². The van der Waals surface area contributed by atoms with Gasteiger partial charge < -0.3 is 0 Å². The van der Waals surface area contributed by atoms with Gasteiger partial charge in [0.15, 0.2) is 0 Å². The van der Waals surface area contributed by atoms with Gasteiger partial charge in [-0.3, -0.25) is 19.2 Å². The Morgan fingerprint density at radius 1 is 0.919 bits per heavy atom. The van der Waals surface area contributed by atoms with Gasteiger partial charge in [0, 0.05) is 11.1 Å². The first kappa shape index (κ1) is 27.4. The summed E-state index contributed by atoms with van der Waals surface area (Å²) in [5.74, 6) is 4.86. The van der Waals surface area contributed by atoms with E-state index in [1.165, 1.54) is 12.1 Å². The molecule has 37 heavy (non-hydrogen) atoms. The first-order valence-corrected chi connectivity index (χ1v) is 13.1. The highest BCUT2D eigenvalue weighted by molar-refractivity contribution is 7.92. The first-order valence-electron chi connectivity index (χ1n) is 11.7. The normalized spacial score (nSPS) is 11.2. The standard InChI is InChI=1S/C30H30N2O4S/c1-7-27(33)32(30(4,5)6)29(34)28-22(3)15-20-26(25(28)19-16-23-11-9-8-10-12-23)31-37(35,36)24-17-13-21(2)14-18-24/h7-15,17-18,20,31H,1H2,2-6H3. The van der Waals surface area contributed by atoms with Crippen molar-refractivity contribution < 1.29 is 18.0 Å². The van der Waals surface area contributed by atoms with Gasteiger partial charge in [0.2, 0.25) is 0 Å². The van der Waals surface area contributed by atoms with Crippen LogP contribution in [0.5, 0.6) is 0 Å². The Bertz CT molecular complexity index is 1510. The van der Waals surface area contributed by atoms with Gasteiger partial charge in [-0.2, -0.15) is 0 Å². The minimum absolute atomic E-state index is 0.0756. The Hall–Kier alpha value is -4.15. The van der Waals surface area contributed by atoms with Crippen LogP contribution in [0.4, 0.5) is 5.69 Å². The zero-order chi connectivity index (χ0) is 27.4. The summed E-state index contributed by atoms with van der Waals surface area (Å²) in [4.78, 5) is 27.8. The summed E-state index contributed by atoms with van der Waals surface area (Å²) in [7, 11) is -3.99. The molecule has 0 aliphatic carbocycles. The maximum Gasteiger partial charge on any atom is 0.262 e. The van der Waals surface area contributed by atoms with Crippen LogP contribution in [0.1, 0.15) is 53.4 Å². The molecule has 0 aromatic heterocycles. The third-order valence-electron chi connectivity index (χ3n) is 5.58. The van der Waals surface area contributed by atoms with Gasteiger partial charge >= 0.3 is 0 Å². The fourth-order valence-electron chi connectivity index (χ4n) is 3.71. The summed E-state index contributed by atoms with van der Waals surface area (Å²) >= 11 is 0. The zero-order valence-corrected chi connectivity index (χ0v) is 22.4. The number of nitrogens with zero attached hydrogens (tertiary/aromatic N) is 1. The Morgan fingerprint density at radius 2 is 1.54 bits per heavy atom. The number of hydrogen-bond acceptors (Lipinski definition) is 4. The van der Waals surface area contributed by atoms with E-state index in [0.717, 1.165) is 16.5 Å². The summed E-state index contributed by atoms with van der Waals surface area (Å²) in [6.07, 6.45) is 1.08. The summed E-state index contributed by atoms with van der Waals surface area (Å²) < 4.78 is 29.1. The largest absolute Gasteiger partial charge is 0.278 e. The molecular weight excluding hydrogens is 484 g/mol. The van der Waals surface area contributed by atoms with E-state index in [2.05, 4.69) is 23.1 Å². The fraction of sp³-hybridized carbons (Fsp3) is 0.200. The second-order valence-electron chi connectivity index (χ2n) is 9.57. The average Bonchev–Trinajstić information content (AvgIpc) is 2.83. The maximum atomic E-state index is 13.9. The fourth-order valence-corrected chi connectivity index (χ4v) is 4.78. The number of hydrogen-bond donors (Lipinski definition) is 1. The molecule has 1 N–H and O–H groups in total. The zero-order valence-electron chi connectivity index (χ0n) is 21.6. The van der Waals surface area contributed by atoms with E-state index in [1.807, 2.05) is 37.3 Å². The number of anilines is 1. The van der Waals surface area contributed by atoms with Crippen LogP contribution in [0.15, 0.2) is 84.3 Å². The highest BCUT2D eigenvalue weighted by Gasteiger charge is 2.34. The molecule has 3 aromatic rings. The number of sulfonamides is 1. The van der Waals surface area contributed by atoms with E-state index in [9.17, 15) is 18.0 Å². The lowest BCUT2D eigenvalue weighted by Gasteiger charge is -2.33. The van der Waals surface area contributed by atoms with Crippen molar-refractivity contribution in [2.75, 3.05) is 4.72 Å². The average molecular weight is 515 g/mol. The Morgan fingerprint density at radius 3 is 2.11 bits per heavy atom. The topological polar surface area (TPSA) is 83.6 Å². The van der Waals surface area contributed by atoms with Crippen LogP contribution >= 0.6 is 0 Å². The molecule has 0 aliphatic rings. The Balaban J connectivity index is 2.25. The number of rotatable bonds is 5. The van der Waals surface area contributed by atoms with Crippen LogP contribution in [0.25, 0.3) is 0 Å². The first-order chi connectivity index (χ1) is 17.3. The van der Waals surface area contributed by atoms with Gasteiger partial charge in [-0.1, -0.05) is 60.4 Å². The van der Waals surface area contributed by atoms with Crippen molar-refractivity contribution in [2.24, 2.45) is 0 Å². The minimum Gasteiger partial charge on any atom is -0.278 e. The molecule has 3 rings (SSSR count). The van der Waals surface area contributed by atoms with Crippen LogP contribution < -0.4 is 4.72 Å². The molecular formula is C30H30N2O4S. The number of nitrogens with one attached hydrogen (secondary N) is 1. The van der Waals surface area contributed by atoms with E-state index in [1.54, 1.807) is 52.0 Å². The summed E-state index contributed by atoms with van der Waals surface area (Å²) in [6.45, 7) is 12.3. The summed E-state index contributed by atoms with van der Waals surface area (Å²) in [6, 6.07) is 18.8. The predicted molar refractivity (Wildman–Crippen MR) is 147 cm³/mol. The van der Waals surface area contributed by atoms with Gasteiger partial charge in [0.1, 0.15) is 0 Å². The van der Waals surface area contributed by atoms with E-state index < -0.39 is 27.4 Å². The molecule has 0 radical (unpaired) electrons. The van der Waals surface area contributed by atoms with Gasteiger partial charge in [-0.05, 0) is 76.6 Å². The lowest BCUT2D eigenvalue weighted by atomic mass is 9.96. The van der Waals surface area contributed by atoms with Crippen molar-refractivity contribution in [3.8, 4) is 11.8 Å². The second kappa shape index (κ2) is 10.9. The van der Waals surface area contributed by atoms with Gasteiger partial charge in [0.25, 0.3) is 21.8 Å². The second-order valence-corrected chi connectivity index (χ2v) is 11.3. The van der Waals surface area contributed by atoms with E-state index in [4.69, 9.17) is 0 Å². The summed E-state index contributed by atoms with van der Waals surface area (Å²) in [5.41, 5.74) is 1.74. The van der Waals surface area contributed by atoms with Crippen molar-refractivity contribution in [2.45, 2.75) is 45.1 Å². The molecule has 0 heterocycles. The van der Waals surface area contributed by atoms with Crippen molar-refractivity contribution in [3.63, 3.8) is 0 Å². The van der Waals surface area contributed by atoms with Gasteiger partial charge in [-0.25, -0.2) is 8.42 Å². The molecule has 2 amide bonds. The van der Waals surface area contributed by atoms with Crippen LogP contribution in [0, 0.1) is 25.7 Å². The third kappa shape index (κ3) is 6.35. The summed E-state index contributed by atoms with van der Waals surface area (Å²) in [5, 5.41) is 0. The number of aryl methyl sites for hydroxylation is 2. The van der Waals surface area contributed by atoms with Crippen LogP contribution in [-0.4, -0.2) is 30.7 Å². The molecule has 7 heteroatoms. The highest BCUT2D eigenvalue weighted by atomic mass is 32.2. The number of imide groups is 1. The van der Waals surface area contributed by atoms with E-state index in [-0.39, 0.29) is 21.7 Å². The van der Waals surface area contributed by atoms with E-state index >= 15 is 0 Å². The molecule has 0 saturated heterocycles. The number of carbonyl (C=O) groups is 2. The minimum atomic E-state index is -3.99. The quantitative estimate of drug-likeness (QED) is 0.362. The van der Waals surface area contributed by atoms with Crippen molar-refractivity contribution in [3.05, 3.63) is 107 Å². The molecule has 0 aliphatic heterocycles.